The molecule has 1 N–H and O–H groups in total. The van der Waals surface area contributed by atoms with E-state index in [1.54, 1.807) is 0 Å². The molecule has 2 nitrogen and oxygen atoms in total. The van der Waals surface area contributed by atoms with Crippen LogP contribution in [0.5, 0.6) is 0 Å². The molecular weight excluding hydrogens is 293 g/mol. The molecule has 7 heteroatoms. The van der Waals surface area contributed by atoms with Crippen LogP contribution in [0.3, 0.4) is 0 Å². The van der Waals surface area contributed by atoms with Gasteiger partial charge in [0.15, 0.2) is 23.3 Å². The predicted octanol–water partition coefficient (Wildman–Crippen LogP) is 3.31. The first-order valence-electron chi connectivity index (χ1n) is 5.76. The van der Waals surface area contributed by atoms with Gasteiger partial charge < -0.3 is 5.32 Å². The monoisotopic (exact) mass is 301 g/mol. The van der Waals surface area contributed by atoms with Crippen molar-refractivity contribution in [1.82, 2.24) is 5.32 Å². The zero-order valence-electron chi connectivity index (χ0n) is 10.4. The fourth-order valence-electron chi connectivity index (χ4n) is 1.65. The SMILES string of the molecule is O=C(NCc1ccccc1F)c1cc(F)c(F)c(F)c1F. The van der Waals surface area contributed by atoms with Crippen LogP contribution in [0.15, 0.2) is 30.3 Å². The minimum absolute atomic E-state index is 0.106. The second kappa shape index (κ2) is 5.90. The minimum Gasteiger partial charge on any atom is -0.348 e. The standard InChI is InChI=1S/C14H8F5NO/c15-9-4-2-1-3-7(9)6-20-14(21)8-5-10(16)12(18)13(19)11(8)17/h1-5H,6H2,(H,20,21). The number of rotatable bonds is 3. The summed E-state index contributed by atoms with van der Waals surface area (Å²) in [7, 11) is 0. The number of amides is 1. The molecule has 0 saturated carbocycles. The first-order valence-corrected chi connectivity index (χ1v) is 5.76. The average Bonchev–Trinajstić information content (AvgIpc) is 2.47. The van der Waals surface area contributed by atoms with Gasteiger partial charge in [-0.3, -0.25) is 4.79 Å². The number of benzene rings is 2. The Morgan fingerprint density at radius 1 is 0.905 bits per heavy atom. The molecule has 0 radical (unpaired) electrons. The fraction of sp³-hybridized carbons (Fsp3) is 0.0714. The highest BCUT2D eigenvalue weighted by Gasteiger charge is 2.22. The molecule has 0 aliphatic heterocycles. The van der Waals surface area contributed by atoms with E-state index in [9.17, 15) is 26.7 Å². The fourth-order valence-corrected chi connectivity index (χ4v) is 1.65. The van der Waals surface area contributed by atoms with E-state index in [2.05, 4.69) is 5.32 Å². The van der Waals surface area contributed by atoms with Crippen LogP contribution >= 0.6 is 0 Å². The third-order valence-corrected chi connectivity index (χ3v) is 2.74. The van der Waals surface area contributed by atoms with Gasteiger partial charge in [0.1, 0.15) is 5.82 Å². The first kappa shape index (κ1) is 15.0. The van der Waals surface area contributed by atoms with E-state index >= 15 is 0 Å². The van der Waals surface area contributed by atoms with Crippen LogP contribution < -0.4 is 5.32 Å². The lowest BCUT2D eigenvalue weighted by atomic mass is 10.1. The number of hydrogen-bond acceptors (Lipinski definition) is 1. The van der Waals surface area contributed by atoms with Gasteiger partial charge in [0.25, 0.3) is 5.91 Å². The van der Waals surface area contributed by atoms with Gasteiger partial charge in [0.05, 0.1) is 5.56 Å². The molecule has 21 heavy (non-hydrogen) atoms. The molecular formula is C14H8F5NO. The van der Waals surface area contributed by atoms with Crippen LogP contribution in [0.25, 0.3) is 0 Å². The van der Waals surface area contributed by atoms with Crippen LogP contribution in [-0.2, 0) is 6.54 Å². The second-order valence-corrected chi connectivity index (χ2v) is 4.12. The molecule has 0 spiro atoms. The highest BCUT2D eigenvalue weighted by Crippen LogP contribution is 2.18. The van der Waals surface area contributed by atoms with E-state index in [-0.39, 0.29) is 18.2 Å². The maximum absolute atomic E-state index is 13.4. The number of halogens is 5. The summed E-state index contributed by atoms with van der Waals surface area (Å²) >= 11 is 0. The van der Waals surface area contributed by atoms with Gasteiger partial charge in [-0.15, -0.1) is 0 Å². The molecule has 0 bridgehead atoms. The van der Waals surface area contributed by atoms with Crippen LogP contribution in [0.1, 0.15) is 15.9 Å². The Kier molecular flexibility index (Phi) is 4.21. The van der Waals surface area contributed by atoms with E-state index < -0.39 is 40.6 Å². The van der Waals surface area contributed by atoms with Gasteiger partial charge in [-0.05, 0) is 12.1 Å². The van der Waals surface area contributed by atoms with E-state index in [4.69, 9.17) is 0 Å². The Morgan fingerprint density at radius 3 is 2.24 bits per heavy atom. The lowest BCUT2D eigenvalue weighted by Crippen LogP contribution is -2.25. The van der Waals surface area contributed by atoms with Crippen molar-refractivity contribution in [1.29, 1.82) is 0 Å². The van der Waals surface area contributed by atoms with E-state index in [1.807, 2.05) is 0 Å². The normalized spacial score (nSPS) is 10.5. The Morgan fingerprint density at radius 2 is 1.57 bits per heavy atom. The predicted molar refractivity (Wildman–Crippen MR) is 63.8 cm³/mol. The Bertz CT molecular complexity index is 702. The zero-order valence-corrected chi connectivity index (χ0v) is 10.4. The van der Waals surface area contributed by atoms with Crippen LogP contribution in [0, 0.1) is 29.1 Å². The molecule has 2 aromatic rings. The molecule has 1 amide bonds. The molecule has 0 heterocycles. The topological polar surface area (TPSA) is 29.1 Å². The smallest absolute Gasteiger partial charge is 0.254 e. The van der Waals surface area contributed by atoms with Crippen LogP contribution in [-0.4, -0.2) is 5.91 Å². The van der Waals surface area contributed by atoms with Crippen LogP contribution in [0.4, 0.5) is 22.0 Å². The Labute approximate surface area is 116 Å². The zero-order chi connectivity index (χ0) is 15.6. The lowest BCUT2D eigenvalue weighted by Gasteiger charge is -2.08. The van der Waals surface area contributed by atoms with Gasteiger partial charge in [0.2, 0.25) is 0 Å². The van der Waals surface area contributed by atoms with E-state index in [0.29, 0.717) is 0 Å². The Hall–Kier alpha value is -2.44. The van der Waals surface area contributed by atoms with E-state index in [1.165, 1.54) is 18.2 Å². The molecule has 2 aromatic carbocycles. The summed E-state index contributed by atoms with van der Waals surface area (Å²) in [5, 5.41) is 2.10. The number of nitrogens with one attached hydrogen (secondary N) is 1. The van der Waals surface area contributed by atoms with Crippen molar-refractivity contribution in [2.45, 2.75) is 6.54 Å². The summed E-state index contributed by atoms with van der Waals surface area (Å²) in [4.78, 5) is 11.6. The quantitative estimate of drug-likeness (QED) is 0.526. The summed E-state index contributed by atoms with van der Waals surface area (Å²) in [5.41, 5.74) is -0.892. The summed E-state index contributed by atoms with van der Waals surface area (Å²) in [6, 6.07) is 5.72. The third kappa shape index (κ3) is 3.01. The van der Waals surface area contributed by atoms with Crippen molar-refractivity contribution in [3.63, 3.8) is 0 Å². The van der Waals surface area contributed by atoms with Crippen molar-refractivity contribution in [3.05, 3.63) is 70.5 Å². The van der Waals surface area contributed by atoms with Crippen molar-refractivity contribution in [3.8, 4) is 0 Å². The van der Waals surface area contributed by atoms with Crippen molar-refractivity contribution >= 4 is 5.91 Å². The van der Waals surface area contributed by atoms with Gasteiger partial charge in [0, 0.05) is 12.1 Å². The minimum atomic E-state index is -2.08. The summed E-state index contributed by atoms with van der Waals surface area (Å²) in [6.45, 7) is -0.314. The molecule has 0 aliphatic carbocycles. The lowest BCUT2D eigenvalue weighted by molar-refractivity contribution is 0.0944. The highest BCUT2D eigenvalue weighted by atomic mass is 19.2. The molecule has 0 aromatic heterocycles. The molecule has 0 aliphatic rings. The highest BCUT2D eigenvalue weighted by molar-refractivity contribution is 5.94. The maximum Gasteiger partial charge on any atom is 0.254 e. The van der Waals surface area contributed by atoms with E-state index in [0.717, 1.165) is 6.07 Å². The first-order chi connectivity index (χ1) is 9.91. The summed E-state index contributed by atoms with van der Waals surface area (Å²) < 4.78 is 65.5. The van der Waals surface area contributed by atoms with Gasteiger partial charge in [-0.2, -0.15) is 0 Å². The summed E-state index contributed by atoms with van der Waals surface area (Å²) in [6.07, 6.45) is 0. The van der Waals surface area contributed by atoms with Crippen molar-refractivity contribution < 1.29 is 26.7 Å². The molecule has 0 saturated heterocycles. The maximum atomic E-state index is 13.4. The van der Waals surface area contributed by atoms with Crippen molar-refractivity contribution in [2.24, 2.45) is 0 Å². The number of carbonyl (C=O) groups is 1. The molecule has 0 fully saturated rings. The molecule has 0 unspecified atom stereocenters. The van der Waals surface area contributed by atoms with Crippen molar-refractivity contribution in [2.75, 3.05) is 0 Å². The van der Waals surface area contributed by atoms with Gasteiger partial charge >= 0.3 is 0 Å². The van der Waals surface area contributed by atoms with Gasteiger partial charge in [-0.1, -0.05) is 18.2 Å². The largest absolute Gasteiger partial charge is 0.348 e. The summed E-state index contributed by atoms with van der Waals surface area (Å²) in [5.74, 6) is -9.36. The third-order valence-electron chi connectivity index (χ3n) is 2.74. The average molecular weight is 301 g/mol. The molecule has 110 valence electrons. The number of hydrogen-bond donors (Lipinski definition) is 1. The molecule has 2 rings (SSSR count). The second-order valence-electron chi connectivity index (χ2n) is 4.12. The number of carbonyl (C=O) groups excluding carboxylic acids is 1. The molecule has 0 atom stereocenters. The van der Waals surface area contributed by atoms with Crippen LogP contribution in [0.2, 0.25) is 0 Å². The van der Waals surface area contributed by atoms with Gasteiger partial charge in [-0.25, -0.2) is 22.0 Å². The Balaban J connectivity index is 2.20.